The van der Waals surface area contributed by atoms with Crippen molar-refractivity contribution < 1.29 is 19.1 Å². The Hall–Kier alpha value is -2.15. The third kappa shape index (κ3) is 4.19. The standard InChI is InChI=1S/C16H21N3O4/c20-15(12-18-7-9-23-16(18)21)19(11-14-2-1-8-22-14)10-13-3-5-17-6-4-13/h3-6,14H,1-2,7-12H2/t14-/m0/s1. The van der Waals surface area contributed by atoms with Crippen molar-refractivity contribution in [3.63, 3.8) is 0 Å². The number of hydrogen-bond donors (Lipinski definition) is 0. The van der Waals surface area contributed by atoms with E-state index in [1.807, 2.05) is 12.1 Å². The number of ether oxygens (including phenoxy) is 2. The van der Waals surface area contributed by atoms with Crippen molar-refractivity contribution in [2.45, 2.75) is 25.5 Å². The molecule has 1 aromatic heterocycles. The van der Waals surface area contributed by atoms with Gasteiger partial charge < -0.3 is 14.4 Å². The summed E-state index contributed by atoms with van der Waals surface area (Å²) in [5.41, 5.74) is 1.01. The quantitative estimate of drug-likeness (QED) is 0.783. The Labute approximate surface area is 135 Å². The molecule has 0 spiro atoms. The third-order valence-electron chi connectivity index (χ3n) is 4.09. The molecule has 124 valence electrons. The van der Waals surface area contributed by atoms with Gasteiger partial charge in [0.05, 0.1) is 12.6 Å². The van der Waals surface area contributed by atoms with Crippen LogP contribution in [0, 0.1) is 0 Å². The Morgan fingerprint density at radius 3 is 2.83 bits per heavy atom. The number of hydrogen-bond acceptors (Lipinski definition) is 5. The highest BCUT2D eigenvalue weighted by Gasteiger charge is 2.28. The zero-order valence-electron chi connectivity index (χ0n) is 13.0. The van der Waals surface area contributed by atoms with Gasteiger partial charge >= 0.3 is 6.09 Å². The molecule has 2 saturated heterocycles. The molecular weight excluding hydrogens is 298 g/mol. The molecule has 0 unspecified atom stereocenters. The van der Waals surface area contributed by atoms with Crippen LogP contribution >= 0.6 is 0 Å². The SMILES string of the molecule is O=C(CN1CCOC1=O)N(Cc1ccncc1)C[C@@H]1CCCO1. The van der Waals surface area contributed by atoms with Crippen molar-refractivity contribution in [3.05, 3.63) is 30.1 Å². The molecule has 1 aromatic rings. The molecule has 7 heteroatoms. The van der Waals surface area contributed by atoms with Crippen molar-refractivity contribution in [2.75, 3.05) is 32.8 Å². The number of pyridine rings is 1. The van der Waals surface area contributed by atoms with Gasteiger partial charge in [-0.3, -0.25) is 14.7 Å². The Balaban J connectivity index is 1.65. The number of amides is 2. The van der Waals surface area contributed by atoms with E-state index in [0.29, 0.717) is 26.2 Å². The average molecular weight is 319 g/mol. The fourth-order valence-corrected chi connectivity index (χ4v) is 2.83. The zero-order valence-corrected chi connectivity index (χ0v) is 13.0. The molecule has 0 radical (unpaired) electrons. The molecule has 2 amide bonds. The van der Waals surface area contributed by atoms with E-state index in [1.54, 1.807) is 17.3 Å². The Bertz CT molecular complexity index is 546. The highest BCUT2D eigenvalue weighted by molar-refractivity contribution is 5.83. The molecule has 7 nitrogen and oxygen atoms in total. The second-order valence-corrected chi connectivity index (χ2v) is 5.80. The van der Waals surface area contributed by atoms with Gasteiger partial charge in [0.2, 0.25) is 5.91 Å². The van der Waals surface area contributed by atoms with E-state index < -0.39 is 6.09 Å². The normalized spacial score (nSPS) is 20.6. The van der Waals surface area contributed by atoms with E-state index in [1.165, 1.54) is 4.90 Å². The van der Waals surface area contributed by atoms with Crippen LogP contribution in [0.2, 0.25) is 0 Å². The van der Waals surface area contributed by atoms with Crippen LogP contribution in [0.1, 0.15) is 18.4 Å². The lowest BCUT2D eigenvalue weighted by atomic mass is 10.2. The van der Waals surface area contributed by atoms with Gasteiger partial charge in [-0.2, -0.15) is 0 Å². The summed E-state index contributed by atoms with van der Waals surface area (Å²) >= 11 is 0. The Morgan fingerprint density at radius 2 is 2.17 bits per heavy atom. The predicted molar refractivity (Wildman–Crippen MR) is 81.5 cm³/mol. The summed E-state index contributed by atoms with van der Waals surface area (Å²) in [6, 6.07) is 3.78. The number of carbonyl (C=O) groups is 2. The third-order valence-corrected chi connectivity index (χ3v) is 4.09. The molecule has 1 atom stereocenters. The smallest absolute Gasteiger partial charge is 0.410 e. The summed E-state index contributed by atoms with van der Waals surface area (Å²) in [6.45, 7) is 2.65. The molecule has 2 aliphatic heterocycles. The topological polar surface area (TPSA) is 72.0 Å². The number of rotatable bonds is 6. The molecule has 3 rings (SSSR count). The van der Waals surface area contributed by atoms with Crippen molar-refractivity contribution in [1.82, 2.24) is 14.8 Å². The van der Waals surface area contributed by atoms with Gasteiger partial charge in [-0.1, -0.05) is 0 Å². The molecule has 0 aromatic carbocycles. The molecule has 3 heterocycles. The van der Waals surface area contributed by atoms with Gasteiger partial charge in [-0.15, -0.1) is 0 Å². The molecule has 0 N–H and O–H groups in total. The van der Waals surface area contributed by atoms with E-state index in [-0.39, 0.29) is 18.6 Å². The maximum atomic E-state index is 12.6. The number of nitrogens with zero attached hydrogens (tertiary/aromatic N) is 3. The summed E-state index contributed by atoms with van der Waals surface area (Å²) in [6.07, 6.45) is 5.07. The Morgan fingerprint density at radius 1 is 1.35 bits per heavy atom. The fraction of sp³-hybridized carbons (Fsp3) is 0.562. The van der Waals surface area contributed by atoms with Crippen LogP contribution in [0.3, 0.4) is 0 Å². The first kappa shape index (κ1) is 15.7. The summed E-state index contributed by atoms with van der Waals surface area (Å²) < 4.78 is 10.5. The van der Waals surface area contributed by atoms with Crippen LogP contribution in [-0.2, 0) is 20.8 Å². The molecular formula is C16H21N3O4. The van der Waals surface area contributed by atoms with E-state index in [9.17, 15) is 9.59 Å². The van der Waals surface area contributed by atoms with Gasteiger partial charge in [0.15, 0.2) is 0 Å². The molecule has 2 aliphatic rings. The van der Waals surface area contributed by atoms with Crippen LogP contribution < -0.4 is 0 Å². The Kier molecular flexibility index (Phi) is 5.07. The maximum Gasteiger partial charge on any atom is 0.410 e. The van der Waals surface area contributed by atoms with Crippen LogP contribution in [0.5, 0.6) is 0 Å². The lowest BCUT2D eigenvalue weighted by Crippen LogP contribution is -2.43. The maximum absolute atomic E-state index is 12.6. The minimum Gasteiger partial charge on any atom is -0.448 e. The lowest BCUT2D eigenvalue weighted by molar-refractivity contribution is -0.134. The van der Waals surface area contributed by atoms with E-state index in [2.05, 4.69) is 4.98 Å². The number of carbonyl (C=O) groups excluding carboxylic acids is 2. The van der Waals surface area contributed by atoms with Crippen molar-refractivity contribution in [2.24, 2.45) is 0 Å². The molecule has 0 bridgehead atoms. The predicted octanol–water partition coefficient (Wildman–Crippen LogP) is 1.04. The molecule has 2 fully saturated rings. The van der Waals surface area contributed by atoms with Crippen LogP contribution in [0.15, 0.2) is 24.5 Å². The molecule has 0 aliphatic carbocycles. The van der Waals surface area contributed by atoms with Crippen LogP contribution in [0.25, 0.3) is 0 Å². The van der Waals surface area contributed by atoms with E-state index in [4.69, 9.17) is 9.47 Å². The average Bonchev–Trinajstić information content (AvgIpc) is 3.20. The minimum absolute atomic E-state index is 0.0522. The zero-order chi connectivity index (χ0) is 16.1. The molecule has 23 heavy (non-hydrogen) atoms. The van der Waals surface area contributed by atoms with Crippen molar-refractivity contribution in [3.8, 4) is 0 Å². The largest absolute Gasteiger partial charge is 0.448 e. The summed E-state index contributed by atoms with van der Waals surface area (Å²) in [4.78, 5) is 31.4. The summed E-state index contributed by atoms with van der Waals surface area (Å²) in [7, 11) is 0. The van der Waals surface area contributed by atoms with Gasteiger partial charge in [0.1, 0.15) is 13.2 Å². The first-order chi connectivity index (χ1) is 11.2. The molecule has 0 saturated carbocycles. The van der Waals surface area contributed by atoms with Crippen LogP contribution in [0.4, 0.5) is 4.79 Å². The van der Waals surface area contributed by atoms with E-state index >= 15 is 0 Å². The summed E-state index contributed by atoms with van der Waals surface area (Å²) in [5, 5.41) is 0. The van der Waals surface area contributed by atoms with E-state index in [0.717, 1.165) is 25.0 Å². The van der Waals surface area contributed by atoms with Gasteiger partial charge in [0.25, 0.3) is 0 Å². The number of cyclic esters (lactones) is 1. The van der Waals surface area contributed by atoms with Crippen molar-refractivity contribution in [1.29, 1.82) is 0 Å². The second-order valence-electron chi connectivity index (χ2n) is 5.80. The minimum atomic E-state index is -0.417. The number of aromatic nitrogens is 1. The lowest BCUT2D eigenvalue weighted by Gasteiger charge is -2.27. The van der Waals surface area contributed by atoms with Crippen molar-refractivity contribution >= 4 is 12.0 Å². The van der Waals surface area contributed by atoms with Gasteiger partial charge in [-0.25, -0.2) is 4.79 Å². The highest BCUT2D eigenvalue weighted by Crippen LogP contribution is 2.16. The first-order valence-corrected chi connectivity index (χ1v) is 7.92. The summed E-state index contributed by atoms with van der Waals surface area (Å²) in [5.74, 6) is -0.0869. The van der Waals surface area contributed by atoms with Crippen LogP contribution in [-0.4, -0.2) is 65.7 Å². The highest BCUT2D eigenvalue weighted by atomic mass is 16.6. The second kappa shape index (κ2) is 7.41. The monoisotopic (exact) mass is 319 g/mol. The van der Waals surface area contributed by atoms with Gasteiger partial charge in [-0.05, 0) is 30.5 Å². The fourth-order valence-electron chi connectivity index (χ4n) is 2.83. The first-order valence-electron chi connectivity index (χ1n) is 7.92. The van der Waals surface area contributed by atoms with Gasteiger partial charge in [0, 0.05) is 32.1 Å².